The normalized spacial score (nSPS) is 49.8. The molecule has 0 aromatic carbocycles. The second kappa shape index (κ2) is 7.20. The lowest BCUT2D eigenvalue weighted by atomic mass is 9.42. The van der Waals surface area contributed by atoms with E-state index in [2.05, 4.69) is 19.9 Å². The van der Waals surface area contributed by atoms with Crippen molar-refractivity contribution < 1.29 is 33.3 Å². The van der Waals surface area contributed by atoms with Crippen LogP contribution in [0, 0.1) is 28.6 Å². The quantitative estimate of drug-likeness (QED) is 0.496. The highest BCUT2D eigenvalue weighted by atomic mass is 16.7. The fourth-order valence-corrected chi connectivity index (χ4v) is 7.46. The molecule has 2 saturated carbocycles. The summed E-state index contributed by atoms with van der Waals surface area (Å²) in [6, 6.07) is 0. The molecule has 7 heteroatoms. The highest BCUT2D eigenvalue weighted by Crippen LogP contribution is 2.70. The average Bonchev–Trinajstić information content (AvgIpc) is 3.15. The number of ether oxygens (including phenoxy) is 5. The summed E-state index contributed by atoms with van der Waals surface area (Å²) in [5, 5.41) is 0. The van der Waals surface area contributed by atoms with Crippen LogP contribution < -0.4 is 0 Å². The molecule has 1 spiro atoms. The molecule has 7 nitrogen and oxygen atoms in total. The van der Waals surface area contributed by atoms with Crippen molar-refractivity contribution in [2.24, 2.45) is 28.6 Å². The summed E-state index contributed by atoms with van der Waals surface area (Å²) >= 11 is 0. The van der Waals surface area contributed by atoms with Crippen molar-refractivity contribution in [3.05, 3.63) is 12.3 Å². The molecule has 9 atom stereocenters. The van der Waals surface area contributed by atoms with Crippen molar-refractivity contribution in [2.45, 2.75) is 83.9 Å². The molecule has 0 aromatic heterocycles. The highest BCUT2D eigenvalue weighted by Gasteiger charge is 2.76. The van der Waals surface area contributed by atoms with Gasteiger partial charge in [0.15, 0.2) is 0 Å². The molecule has 0 aromatic rings. The third kappa shape index (κ3) is 2.99. The molecule has 3 heterocycles. The molecule has 3 aliphatic heterocycles. The fourth-order valence-electron chi connectivity index (χ4n) is 7.46. The van der Waals surface area contributed by atoms with Crippen molar-refractivity contribution in [1.82, 2.24) is 0 Å². The van der Waals surface area contributed by atoms with Gasteiger partial charge in [-0.2, -0.15) is 0 Å². The number of fused-ring (bicyclic) bond motifs is 3. The Labute approximate surface area is 183 Å². The molecule has 0 unspecified atom stereocenters. The zero-order chi connectivity index (χ0) is 22.0. The van der Waals surface area contributed by atoms with Crippen LogP contribution in [0.15, 0.2) is 12.3 Å². The van der Waals surface area contributed by atoms with Gasteiger partial charge in [0.25, 0.3) is 0 Å². The third-order valence-corrected chi connectivity index (χ3v) is 9.18. The monoisotopic (exact) mass is 434 g/mol. The van der Waals surface area contributed by atoms with Gasteiger partial charge in [0.1, 0.15) is 18.3 Å². The molecule has 0 N–H and O–H groups in total. The van der Waals surface area contributed by atoms with Crippen LogP contribution in [0.2, 0.25) is 0 Å². The van der Waals surface area contributed by atoms with Crippen LogP contribution in [-0.4, -0.2) is 49.3 Å². The van der Waals surface area contributed by atoms with Crippen molar-refractivity contribution in [2.75, 3.05) is 13.2 Å². The van der Waals surface area contributed by atoms with E-state index in [9.17, 15) is 9.59 Å². The molecule has 0 bridgehead atoms. The smallest absolute Gasteiger partial charge is 0.302 e. The lowest BCUT2D eigenvalue weighted by Gasteiger charge is -2.64. The fraction of sp³-hybridized carbons (Fsp3) is 0.833. The largest absolute Gasteiger partial charge is 0.472 e. The van der Waals surface area contributed by atoms with Gasteiger partial charge < -0.3 is 23.7 Å². The minimum Gasteiger partial charge on any atom is -0.472 e. The number of rotatable bonds is 4. The summed E-state index contributed by atoms with van der Waals surface area (Å²) in [6.45, 7) is 8.30. The van der Waals surface area contributed by atoms with E-state index < -0.39 is 11.0 Å². The third-order valence-electron chi connectivity index (χ3n) is 9.18. The Hall–Kier alpha value is -1.60. The Morgan fingerprint density at radius 3 is 2.61 bits per heavy atom. The minimum absolute atomic E-state index is 0.0244. The second-order valence-corrected chi connectivity index (χ2v) is 10.5. The second-order valence-electron chi connectivity index (χ2n) is 10.5. The van der Waals surface area contributed by atoms with E-state index in [-0.39, 0.29) is 60.2 Å². The summed E-state index contributed by atoms with van der Waals surface area (Å²) in [5.41, 5.74) is -1.16. The predicted octanol–water partition coefficient (Wildman–Crippen LogP) is 3.36. The summed E-state index contributed by atoms with van der Waals surface area (Å²) in [5.74, 6) is 0.0539. The summed E-state index contributed by atoms with van der Waals surface area (Å²) < 4.78 is 30.0. The first kappa shape index (κ1) is 21.3. The average molecular weight is 435 g/mol. The van der Waals surface area contributed by atoms with Crippen LogP contribution in [0.4, 0.5) is 0 Å². The van der Waals surface area contributed by atoms with E-state index in [1.807, 2.05) is 0 Å². The lowest BCUT2D eigenvalue weighted by molar-refractivity contribution is -0.253. The molecular weight excluding hydrogens is 400 g/mol. The predicted molar refractivity (Wildman–Crippen MR) is 110 cm³/mol. The van der Waals surface area contributed by atoms with Crippen LogP contribution in [0.1, 0.15) is 59.8 Å². The van der Waals surface area contributed by atoms with Crippen LogP contribution in [0.3, 0.4) is 0 Å². The molecule has 0 radical (unpaired) electrons. The van der Waals surface area contributed by atoms with Crippen LogP contribution >= 0.6 is 0 Å². The van der Waals surface area contributed by atoms with Crippen molar-refractivity contribution in [1.29, 1.82) is 0 Å². The van der Waals surface area contributed by atoms with Gasteiger partial charge in [-0.3, -0.25) is 9.59 Å². The van der Waals surface area contributed by atoms with Gasteiger partial charge in [-0.1, -0.05) is 20.3 Å². The first-order chi connectivity index (χ1) is 14.7. The van der Waals surface area contributed by atoms with Gasteiger partial charge in [0.05, 0.1) is 24.4 Å². The molecule has 4 fully saturated rings. The van der Waals surface area contributed by atoms with E-state index in [0.717, 1.165) is 25.7 Å². The highest BCUT2D eigenvalue weighted by molar-refractivity contribution is 5.67. The van der Waals surface area contributed by atoms with Gasteiger partial charge in [-0.05, 0) is 43.6 Å². The first-order valence-electron chi connectivity index (χ1n) is 11.6. The Morgan fingerprint density at radius 2 is 1.97 bits per heavy atom. The van der Waals surface area contributed by atoms with E-state index in [4.69, 9.17) is 23.7 Å². The maximum atomic E-state index is 12.1. The number of esters is 2. The van der Waals surface area contributed by atoms with Crippen LogP contribution in [0.25, 0.3) is 0 Å². The van der Waals surface area contributed by atoms with Gasteiger partial charge in [0, 0.05) is 25.2 Å². The number of hydrogen-bond acceptors (Lipinski definition) is 7. The maximum absolute atomic E-state index is 12.1. The Bertz CT molecular complexity index is 789. The van der Waals surface area contributed by atoms with Crippen LogP contribution in [-0.2, 0) is 33.3 Å². The van der Waals surface area contributed by atoms with Gasteiger partial charge >= 0.3 is 11.9 Å². The summed E-state index contributed by atoms with van der Waals surface area (Å²) in [4.78, 5) is 24.0. The van der Waals surface area contributed by atoms with Crippen molar-refractivity contribution >= 4 is 11.9 Å². The zero-order valence-corrected chi connectivity index (χ0v) is 18.9. The van der Waals surface area contributed by atoms with E-state index in [1.165, 1.54) is 13.8 Å². The number of carbonyl (C=O) groups excluding carboxylic acids is 2. The molecule has 2 aliphatic carbocycles. The van der Waals surface area contributed by atoms with E-state index >= 15 is 0 Å². The Balaban J connectivity index is 1.58. The Morgan fingerprint density at radius 1 is 1.19 bits per heavy atom. The van der Waals surface area contributed by atoms with E-state index in [1.54, 1.807) is 6.26 Å². The van der Waals surface area contributed by atoms with Crippen molar-refractivity contribution in [3.8, 4) is 0 Å². The summed E-state index contributed by atoms with van der Waals surface area (Å²) in [6.07, 6.45) is 7.82. The number of epoxide rings is 1. The first-order valence-corrected chi connectivity index (χ1v) is 11.6. The molecule has 31 heavy (non-hydrogen) atoms. The molecule has 5 aliphatic rings. The minimum atomic E-state index is -0.568. The van der Waals surface area contributed by atoms with E-state index in [0.29, 0.717) is 13.0 Å². The zero-order valence-electron chi connectivity index (χ0n) is 18.9. The standard InChI is InChI=1S/C24H34O7/c1-14-10-20(30-16(3)26)24(13-28-15(2)25)18(6-5-8-23(24)12-29-23)22(14,4)19-11-17-7-9-27-21(17)31-19/h7,9,14,17-21H,5-6,8,10-13H2,1-4H3/t14-,17-,18+,19-,20+,21+,22-,23+,24-/m0/s1. The molecule has 0 amide bonds. The van der Waals surface area contributed by atoms with Gasteiger partial charge in [-0.15, -0.1) is 0 Å². The molecule has 2 saturated heterocycles. The SMILES string of the molecule is CC(=O)OC[C@@]12[C@H](CCC[C@@]13CO3)[C@@](C)([C@@H]1C[C@@H]3C=CO[C@@H]3O1)[C@@H](C)C[C@H]2OC(C)=O. The molecule has 172 valence electrons. The number of carbonyl (C=O) groups is 2. The lowest BCUT2D eigenvalue weighted by Crippen LogP contribution is -2.69. The topological polar surface area (TPSA) is 83.6 Å². The van der Waals surface area contributed by atoms with Gasteiger partial charge in [-0.25, -0.2) is 0 Å². The number of hydrogen-bond donors (Lipinski definition) is 0. The molecular formula is C24H34O7. The van der Waals surface area contributed by atoms with Crippen molar-refractivity contribution in [3.63, 3.8) is 0 Å². The summed E-state index contributed by atoms with van der Waals surface area (Å²) in [7, 11) is 0. The Kier molecular flexibility index (Phi) is 4.94. The van der Waals surface area contributed by atoms with Gasteiger partial charge in [0.2, 0.25) is 6.29 Å². The van der Waals surface area contributed by atoms with Crippen LogP contribution in [0.5, 0.6) is 0 Å². The maximum Gasteiger partial charge on any atom is 0.302 e. The molecule has 5 rings (SSSR count).